The fourth-order valence-electron chi connectivity index (χ4n) is 1.23. The zero-order valence-electron chi connectivity index (χ0n) is 7.82. The zero-order valence-corrected chi connectivity index (χ0v) is 8.64. The summed E-state index contributed by atoms with van der Waals surface area (Å²) in [6, 6.07) is 8.09. The second-order valence-electron chi connectivity index (χ2n) is 2.90. The highest BCUT2D eigenvalue weighted by Crippen LogP contribution is 2.23. The van der Waals surface area contributed by atoms with Gasteiger partial charge in [-0.15, -0.1) is 11.3 Å². The number of anilines is 2. The summed E-state index contributed by atoms with van der Waals surface area (Å²) in [5.41, 5.74) is 8.70. The van der Waals surface area contributed by atoms with Crippen molar-refractivity contribution in [2.24, 2.45) is 0 Å². The van der Waals surface area contributed by atoms with Crippen LogP contribution in [0.15, 0.2) is 29.6 Å². The molecule has 1 aromatic carbocycles. The monoisotopic (exact) mass is 205 g/mol. The largest absolute Gasteiger partial charge is 0.388 e. The molecule has 3 N–H and O–H groups in total. The number of thiazole rings is 1. The van der Waals surface area contributed by atoms with Gasteiger partial charge in [-0.05, 0) is 12.1 Å². The molecule has 0 radical (unpaired) electrons. The second-order valence-corrected chi connectivity index (χ2v) is 3.79. The summed E-state index contributed by atoms with van der Waals surface area (Å²) in [6.07, 6.45) is 0. The van der Waals surface area contributed by atoms with Crippen LogP contribution in [0.1, 0.15) is 0 Å². The minimum absolute atomic E-state index is 0.609. The minimum Gasteiger partial charge on any atom is -0.388 e. The molecule has 14 heavy (non-hydrogen) atoms. The molecule has 0 aliphatic carbocycles. The van der Waals surface area contributed by atoms with Gasteiger partial charge in [-0.1, -0.05) is 12.1 Å². The average Bonchev–Trinajstić information content (AvgIpc) is 2.65. The molecule has 0 saturated carbocycles. The van der Waals surface area contributed by atoms with Crippen LogP contribution < -0.4 is 11.1 Å². The molecule has 0 fully saturated rings. The van der Waals surface area contributed by atoms with Gasteiger partial charge >= 0.3 is 0 Å². The Hall–Kier alpha value is -1.55. The van der Waals surface area contributed by atoms with Crippen LogP contribution in [0, 0.1) is 0 Å². The van der Waals surface area contributed by atoms with E-state index < -0.39 is 0 Å². The minimum atomic E-state index is 0.609. The van der Waals surface area contributed by atoms with Crippen molar-refractivity contribution in [3.8, 4) is 11.3 Å². The maximum absolute atomic E-state index is 5.57. The van der Waals surface area contributed by atoms with Crippen molar-refractivity contribution in [2.75, 3.05) is 18.1 Å². The van der Waals surface area contributed by atoms with Crippen LogP contribution in [0.5, 0.6) is 0 Å². The van der Waals surface area contributed by atoms with Crippen molar-refractivity contribution < 1.29 is 0 Å². The average molecular weight is 205 g/mol. The molecule has 0 unspecified atom stereocenters. The third-order valence-electron chi connectivity index (χ3n) is 1.99. The van der Waals surface area contributed by atoms with Crippen molar-refractivity contribution in [3.63, 3.8) is 0 Å². The summed E-state index contributed by atoms with van der Waals surface area (Å²) >= 11 is 1.46. The molecule has 3 nitrogen and oxygen atoms in total. The highest BCUT2D eigenvalue weighted by atomic mass is 32.1. The molecule has 0 spiro atoms. The predicted molar refractivity (Wildman–Crippen MR) is 61.5 cm³/mol. The Morgan fingerprint density at radius 3 is 2.50 bits per heavy atom. The topological polar surface area (TPSA) is 50.9 Å². The van der Waals surface area contributed by atoms with Crippen LogP contribution in [-0.2, 0) is 0 Å². The number of nitrogens with two attached hydrogens (primary N) is 1. The highest BCUT2D eigenvalue weighted by molar-refractivity contribution is 7.13. The molecule has 1 heterocycles. The molecule has 0 aliphatic heterocycles. The van der Waals surface area contributed by atoms with Gasteiger partial charge in [-0.2, -0.15) is 0 Å². The smallest absolute Gasteiger partial charge is 0.180 e. The molecule has 1 aromatic heterocycles. The number of rotatable bonds is 2. The Labute approximate surface area is 86.6 Å². The number of nitrogen functional groups attached to an aromatic ring is 1. The summed E-state index contributed by atoms with van der Waals surface area (Å²) in [7, 11) is 1.90. The molecule has 0 bridgehead atoms. The van der Waals surface area contributed by atoms with Crippen molar-refractivity contribution >= 4 is 22.2 Å². The lowest BCUT2D eigenvalue weighted by Crippen LogP contribution is -1.87. The standard InChI is InChI=1S/C10H11N3S/c1-12-8-4-2-7(3-5-8)9-6-14-10(11)13-9/h2-6,12H,1H3,(H2,11,13). The highest BCUT2D eigenvalue weighted by Gasteiger charge is 2.01. The molecule has 0 aliphatic rings. The molecular weight excluding hydrogens is 194 g/mol. The van der Waals surface area contributed by atoms with E-state index >= 15 is 0 Å². The summed E-state index contributed by atoms with van der Waals surface area (Å²) in [4.78, 5) is 4.21. The summed E-state index contributed by atoms with van der Waals surface area (Å²) in [5.74, 6) is 0. The van der Waals surface area contributed by atoms with Gasteiger partial charge in [0.1, 0.15) is 0 Å². The Bertz CT molecular complexity index is 419. The van der Waals surface area contributed by atoms with Crippen LogP contribution in [0.3, 0.4) is 0 Å². The van der Waals surface area contributed by atoms with Crippen molar-refractivity contribution in [1.82, 2.24) is 4.98 Å². The van der Waals surface area contributed by atoms with Crippen LogP contribution in [0.25, 0.3) is 11.3 Å². The maximum atomic E-state index is 5.57. The number of aromatic nitrogens is 1. The van der Waals surface area contributed by atoms with E-state index in [2.05, 4.69) is 10.3 Å². The third-order valence-corrected chi connectivity index (χ3v) is 2.67. The van der Waals surface area contributed by atoms with Crippen molar-refractivity contribution in [3.05, 3.63) is 29.6 Å². The summed E-state index contributed by atoms with van der Waals surface area (Å²) < 4.78 is 0. The van der Waals surface area contributed by atoms with E-state index in [1.165, 1.54) is 11.3 Å². The van der Waals surface area contributed by atoms with Gasteiger partial charge in [0.2, 0.25) is 0 Å². The lowest BCUT2D eigenvalue weighted by Gasteiger charge is -2.00. The number of nitrogens with zero attached hydrogens (tertiary/aromatic N) is 1. The second kappa shape index (κ2) is 3.67. The summed E-state index contributed by atoms with van der Waals surface area (Å²) in [6.45, 7) is 0. The first-order chi connectivity index (χ1) is 6.79. The fourth-order valence-corrected chi connectivity index (χ4v) is 1.80. The quantitative estimate of drug-likeness (QED) is 0.791. The molecule has 0 saturated heterocycles. The van der Waals surface area contributed by atoms with Gasteiger partial charge in [0.25, 0.3) is 0 Å². The number of benzene rings is 1. The molecule has 2 aromatic rings. The molecular formula is C10H11N3S. The number of hydrogen-bond donors (Lipinski definition) is 2. The maximum Gasteiger partial charge on any atom is 0.180 e. The first-order valence-corrected chi connectivity index (χ1v) is 5.17. The molecule has 72 valence electrons. The first kappa shape index (κ1) is 9.02. The molecule has 0 amide bonds. The Morgan fingerprint density at radius 1 is 1.29 bits per heavy atom. The normalized spacial score (nSPS) is 10.1. The van der Waals surface area contributed by atoms with Crippen LogP contribution in [-0.4, -0.2) is 12.0 Å². The van der Waals surface area contributed by atoms with E-state index in [0.29, 0.717) is 5.13 Å². The van der Waals surface area contributed by atoms with Gasteiger partial charge in [0, 0.05) is 23.7 Å². The SMILES string of the molecule is CNc1ccc(-c2csc(N)n2)cc1. The van der Waals surface area contributed by atoms with E-state index in [1.807, 2.05) is 36.7 Å². The molecule has 0 atom stereocenters. The number of nitrogens with one attached hydrogen (secondary N) is 1. The van der Waals surface area contributed by atoms with E-state index in [9.17, 15) is 0 Å². The van der Waals surface area contributed by atoms with Crippen LogP contribution >= 0.6 is 11.3 Å². The lowest BCUT2D eigenvalue weighted by atomic mass is 10.1. The van der Waals surface area contributed by atoms with Crippen LogP contribution in [0.4, 0.5) is 10.8 Å². The lowest BCUT2D eigenvalue weighted by molar-refractivity contribution is 1.41. The van der Waals surface area contributed by atoms with E-state index in [4.69, 9.17) is 5.73 Å². The van der Waals surface area contributed by atoms with Gasteiger partial charge < -0.3 is 11.1 Å². The fraction of sp³-hybridized carbons (Fsp3) is 0.100. The van der Waals surface area contributed by atoms with Crippen molar-refractivity contribution in [1.29, 1.82) is 0 Å². The van der Waals surface area contributed by atoms with E-state index in [1.54, 1.807) is 0 Å². The Kier molecular flexibility index (Phi) is 2.37. The number of hydrogen-bond acceptors (Lipinski definition) is 4. The van der Waals surface area contributed by atoms with Gasteiger partial charge in [0.15, 0.2) is 5.13 Å². The van der Waals surface area contributed by atoms with Gasteiger partial charge in [-0.3, -0.25) is 0 Å². The van der Waals surface area contributed by atoms with Crippen LogP contribution in [0.2, 0.25) is 0 Å². The zero-order chi connectivity index (χ0) is 9.97. The molecule has 4 heteroatoms. The third kappa shape index (κ3) is 1.70. The van der Waals surface area contributed by atoms with E-state index in [0.717, 1.165) is 16.9 Å². The first-order valence-electron chi connectivity index (χ1n) is 4.29. The van der Waals surface area contributed by atoms with Gasteiger partial charge in [0.05, 0.1) is 5.69 Å². The Balaban J connectivity index is 2.33. The molecule has 2 rings (SSSR count). The van der Waals surface area contributed by atoms with E-state index in [-0.39, 0.29) is 0 Å². The summed E-state index contributed by atoms with van der Waals surface area (Å²) in [5, 5.41) is 5.64. The van der Waals surface area contributed by atoms with Crippen molar-refractivity contribution in [2.45, 2.75) is 0 Å². The Morgan fingerprint density at radius 2 is 2.00 bits per heavy atom. The predicted octanol–water partition coefficient (Wildman–Crippen LogP) is 2.43. The van der Waals surface area contributed by atoms with Gasteiger partial charge in [-0.25, -0.2) is 4.98 Å².